The molecule has 0 atom stereocenters. The molecule has 1 aromatic carbocycles. The fourth-order valence-corrected chi connectivity index (χ4v) is 3.52. The third-order valence-corrected chi connectivity index (χ3v) is 4.89. The molecule has 0 aliphatic heterocycles. The molecule has 0 unspecified atom stereocenters. The van der Waals surface area contributed by atoms with Gasteiger partial charge in [-0.05, 0) is 18.2 Å². The lowest BCUT2D eigenvalue weighted by atomic mass is 10.2. The smallest absolute Gasteiger partial charge is 0.387 e. The van der Waals surface area contributed by atoms with Crippen molar-refractivity contribution in [2.45, 2.75) is 11.5 Å². The highest BCUT2D eigenvalue weighted by molar-refractivity contribution is 7.93. The molecule has 0 aliphatic rings. The summed E-state index contributed by atoms with van der Waals surface area (Å²) >= 11 is 0. The van der Waals surface area contributed by atoms with Crippen molar-refractivity contribution >= 4 is 26.9 Å². The molecule has 0 bridgehead atoms. The topological polar surface area (TPSA) is 115 Å². The summed E-state index contributed by atoms with van der Waals surface area (Å²) in [4.78, 5) is 9.87. The molecule has 0 saturated carbocycles. The lowest BCUT2D eigenvalue weighted by Gasteiger charge is -2.14. The van der Waals surface area contributed by atoms with E-state index in [1.165, 1.54) is 6.07 Å². The molecule has 0 radical (unpaired) electrons. The van der Waals surface area contributed by atoms with Crippen LogP contribution in [0.4, 0.5) is 19.1 Å². The Balaban J connectivity index is 2.01. The molecule has 0 amide bonds. The average Bonchev–Trinajstić information content (AvgIpc) is 3.05. The summed E-state index contributed by atoms with van der Waals surface area (Å²) in [6.45, 7) is -3.21. The van der Waals surface area contributed by atoms with Crippen LogP contribution in [-0.4, -0.2) is 44.2 Å². The zero-order chi connectivity index (χ0) is 20.5. The molecule has 2 N–H and O–H groups in total. The van der Waals surface area contributed by atoms with E-state index in [1.807, 2.05) is 0 Å². The number of nitrogens with zero attached hydrogens (tertiary/aromatic N) is 2. The fraction of sp³-hybridized carbons (Fsp3) is 0.200. The van der Waals surface area contributed by atoms with Crippen LogP contribution in [0.2, 0.25) is 0 Å². The summed E-state index contributed by atoms with van der Waals surface area (Å²) in [7, 11) is -1.99. The molecule has 9 nitrogen and oxygen atoms in total. The van der Waals surface area contributed by atoms with Crippen LogP contribution in [-0.2, 0) is 10.0 Å². The van der Waals surface area contributed by atoms with E-state index >= 15 is 0 Å². The first-order valence-corrected chi connectivity index (χ1v) is 8.97. The molecule has 2 aromatic heterocycles. The maximum Gasteiger partial charge on any atom is 0.387 e. The number of alkyl halides is 2. The van der Waals surface area contributed by atoms with Gasteiger partial charge in [0, 0.05) is 17.1 Å². The van der Waals surface area contributed by atoms with Crippen LogP contribution in [0.1, 0.15) is 0 Å². The fourth-order valence-electron chi connectivity index (χ4n) is 2.39. The Kier molecular flexibility index (Phi) is 5.18. The van der Waals surface area contributed by atoms with E-state index in [9.17, 15) is 21.6 Å². The minimum absolute atomic E-state index is 0.197. The predicted octanol–water partition coefficient (Wildman–Crippen LogP) is 2.52. The van der Waals surface area contributed by atoms with Gasteiger partial charge in [0.05, 0.1) is 14.2 Å². The second-order valence-electron chi connectivity index (χ2n) is 5.22. The predicted molar refractivity (Wildman–Crippen MR) is 90.8 cm³/mol. The average molecular weight is 418 g/mol. The number of benzene rings is 1. The summed E-state index contributed by atoms with van der Waals surface area (Å²) in [5.74, 6) is -2.58. The largest absolute Gasteiger partial charge is 0.478 e. The number of hydrogen-bond donors (Lipinski definition) is 2. The number of halogens is 3. The number of ether oxygens (including phenoxy) is 3. The highest BCUT2D eigenvalue weighted by Crippen LogP contribution is 2.36. The van der Waals surface area contributed by atoms with Gasteiger partial charge in [-0.2, -0.15) is 18.7 Å². The SMILES string of the molecule is COc1nc(NS(=O)(=O)c2c[nH]c3cc(F)ccc23)nc(OC)c1OC(F)F. The minimum Gasteiger partial charge on any atom is -0.478 e. The Hall–Kier alpha value is -3.22. The first-order valence-electron chi connectivity index (χ1n) is 7.49. The number of sulfonamides is 1. The summed E-state index contributed by atoms with van der Waals surface area (Å²) in [6.07, 6.45) is 1.16. The Morgan fingerprint density at radius 1 is 1.14 bits per heavy atom. The van der Waals surface area contributed by atoms with Crippen LogP contribution in [0.25, 0.3) is 10.9 Å². The van der Waals surface area contributed by atoms with Crippen LogP contribution in [0.5, 0.6) is 17.5 Å². The normalized spacial score (nSPS) is 11.6. The van der Waals surface area contributed by atoms with Gasteiger partial charge in [-0.25, -0.2) is 17.5 Å². The van der Waals surface area contributed by atoms with Crippen molar-refractivity contribution in [3.8, 4) is 17.5 Å². The first-order chi connectivity index (χ1) is 13.2. The first kappa shape index (κ1) is 19.5. The van der Waals surface area contributed by atoms with Crippen LogP contribution >= 0.6 is 0 Å². The van der Waals surface area contributed by atoms with Crippen LogP contribution < -0.4 is 18.9 Å². The number of nitrogens with one attached hydrogen (secondary N) is 2. The summed E-state index contributed by atoms with van der Waals surface area (Å²) in [5, 5.41) is 0.227. The third kappa shape index (κ3) is 3.74. The molecule has 0 spiro atoms. The van der Waals surface area contributed by atoms with Crippen LogP contribution in [0, 0.1) is 5.82 Å². The zero-order valence-electron chi connectivity index (χ0n) is 14.4. The Morgan fingerprint density at radius 2 is 1.79 bits per heavy atom. The molecular formula is C15H13F3N4O5S. The summed E-state index contributed by atoms with van der Waals surface area (Å²) < 4.78 is 79.8. The van der Waals surface area contributed by atoms with E-state index in [4.69, 9.17) is 9.47 Å². The van der Waals surface area contributed by atoms with E-state index in [2.05, 4.69) is 24.4 Å². The molecule has 0 fully saturated rings. The van der Waals surface area contributed by atoms with E-state index in [0.29, 0.717) is 0 Å². The van der Waals surface area contributed by atoms with Crippen molar-refractivity contribution in [2.24, 2.45) is 0 Å². The van der Waals surface area contributed by atoms with Gasteiger partial charge >= 0.3 is 6.61 Å². The molecule has 28 heavy (non-hydrogen) atoms. The Bertz CT molecular complexity index is 1100. The number of rotatable bonds is 7. The quantitative estimate of drug-likeness (QED) is 0.606. The second kappa shape index (κ2) is 7.42. The maximum atomic E-state index is 13.3. The van der Waals surface area contributed by atoms with Crippen molar-refractivity contribution in [3.05, 3.63) is 30.2 Å². The second-order valence-corrected chi connectivity index (χ2v) is 6.87. The van der Waals surface area contributed by atoms with Crippen LogP contribution in [0.15, 0.2) is 29.3 Å². The lowest BCUT2D eigenvalue weighted by molar-refractivity contribution is -0.0533. The van der Waals surface area contributed by atoms with Gasteiger partial charge in [-0.15, -0.1) is 0 Å². The molecule has 3 aromatic rings. The Labute approximate surface area is 156 Å². The Morgan fingerprint density at radius 3 is 2.36 bits per heavy atom. The lowest BCUT2D eigenvalue weighted by Crippen LogP contribution is -2.16. The molecule has 2 heterocycles. The monoisotopic (exact) mass is 418 g/mol. The molecule has 3 rings (SSSR count). The van der Waals surface area contributed by atoms with Crippen molar-refractivity contribution < 1.29 is 35.8 Å². The third-order valence-electron chi connectivity index (χ3n) is 3.52. The summed E-state index contributed by atoms with van der Waals surface area (Å²) in [5.41, 5.74) is 0.261. The van der Waals surface area contributed by atoms with Gasteiger partial charge in [0.1, 0.15) is 10.7 Å². The number of aromatic amines is 1. The van der Waals surface area contributed by atoms with Gasteiger partial charge in [0.2, 0.25) is 11.7 Å². The van der Waals surface area contributed by atoms with E-state index < -0.39 is 45.9 Å². The molecular weight excluding hydrogens is 405 g/mol. The number of H-pyrrole nitrogens is 1. The summed E-state index contributed by atoms with van der Waals surface area (Å²) in [6, 6.07) is 3.53. The van der Waals surface area contributed by atoms with Gasteiger partial charge in [0.25, 0.3) is 21.8 Å². The highest BCUT2D eigenvalue weighted by Gasteiger charge is 2.25. The zero-order valence-corrected chi connectivity index (χ0v) is 15.2. The number of methoxy groups -OCH3 is 2. The number of aromatic nitrogens is 3. The van der Waals surface area contributed by atoms with E-state index in [-0.39, 0.29) is 15.8 Å². The highest BCUT2D eigenvalue weighted by atomic mass is 32.2. The van der Waals surface area contributed by atoms with Gasteiger partial charge in [0.15, 0.2) is 0 Å². The van der Waals surface area contributed by atoms with E-state index in [1.54, 1.807) is 0 Å². The molecule has 0 aliphatic carbocycles. The minimum atomic E-state index is -4.22. The van der Waals surface area contributed by atoms with Gasteiger partial charge < -0.3 is 19.2 Å². The molecule has 13 heteroatoms. The molecule has 0 saturated heterocycles. The van der Waals surface area contributed by atoms with E-state index in [0.717, 1.165) is 32.5 Å². The molecule has 150 valence electrons. The van der Waals surface area contributed by atoms with Crippen molar-refractivity contribution in [1.82, 2.24) is 15.0 Å². The number of anilines is 1. The standard InChI is InChI=1S/C15H13F3N4O5S/c1-25-12-11(27-14(17)18)13(26-2)21-15(20-12)22-28(23,24)10-6-19-9-5-7(16)3-4-8(9)10/h3-6,14,19H,1-2H3,(H,20,21,22). The van der Waals surface area contributed by atoms with Crippen molar-refractivity contribution in [3.63, 3.8) is 0 Å². The van der Waals surface area contributed by atoms with Gasteiger partial charge in [-0.1, -0.05) is 0 Å². The van der Waals surface area contributed by atoms with Crippen molar-refractivity contribution in [2.75, 3.05) is 18.9 Å². The van der Waals surface area contributed by atoms with Crippen molar-refractivity contribution in [1.29, 1.82) is 0 Å². The number of hydrogen-bond acceptors (Lipinski definition) is 7. The van der Waals surface area contributed by atoms with Crippen LogP contribution in [0.3, 0.4) is 0 Å². The maximum absolute atomic E-state index is 13.3. The number of fused-ring (bicyclic) bond motifs is 1. The van der Waals surface area contributed by atoms with Gasteiger partial charge in [-0.3, -0.25) is 0 Å².